The van der Waals surface area contributed by atoms with Crippen molar-refractivity contribution in [3.63, 3.8) is 0 Å². The van der Waals surface area contributed by atoms with Crippen LogP contribution in [0.2, 0.25) is 0 Å². The van der Waals surface area contributed by atoms with Crippen LogP contribution in [0.25, 0.3) is 5.52 Å². The molecule has 2 aromatic rings. The van der Waals surface area contributed by atoms with Gasteiger partial charge in [-0.1, -0.05) is 13.8 Å². The van der Waals surface area contributed by atoms with Crippen LogP contribution in [0.15, 0.2) is 18.5 Å². The van der Waals surface area contributed by atoms with Crippen LogP contribution in [0.1, 0.15) is 31.9 Å². The van der Waals surface area contributed by atoms with Gasteiger partial charge in [0.05, 0.1) is 12.3 Å². The highest BCUT2D eigenvalue weighted by Gasteiger charge is 2.35. The molecule has 0 radical (unpaired) electrons. The summed E-state index contributed by atoms with van der Waals surface area (Å²) in [5, 5.41) is 7.97. The van der Waals surface area contributed by atoms with Crippen molar-refractivity contribution in [1.82, 2.24) is 14.6 Å². The molecule has 1 aliphatic heterocycles. The summed E-state index contributed by atoms with van der Waals surface area (Å²) in [7, 11) is 1.74. The Morgan fingerprint density at radius 2 is 2.38 bits per heavy atom. The van der Waals surface area contributed by atoms with Gasteiger partial charge in [0.25, 0.3) is 0 Å². The fraction of sp³-hybridized carbons (Fsp3) is 0.600. The molecule has 114 valence electrons. The number of nitrogens with one attached hydrogen (secondary N) is 1. The van der Waals surface area contributed by atoms with Gasteiger partial charge in [-0.15, -0.1) is 0 Å². The summed E-state index contributed by atoms with van der Waals surface area (Å²) in [5.74, 6) is 1.23. The van der Waals surface area contributed by atoms with E-state index in [4.69, 9.17) is 9.47 Å². The number of aromatic nitrogens is 3. The van der Waals surface area contributed by atoms with Crippen LogP contribution in [0.5, 0.6) is 0 Å². The van der Waals surface area contributed by atoms with Gasteiger partial charge in [-0.25, -0.2) is 9.50 Å². The minimum atomic E-state index is -0.255. The largest absolute Gasteiger partial charge is 0.378 e. The number of ether oxygens (including phenoxy) is 2. The van der Waals surface area contributed by atoms with Crippen molar-refractivity contribution in [2.45, 2.75) is 31.8 Å². The van der Waals surface area contributed by atoms with Crippen molar-refractivity contribution in [2.75, 3.05) is 32.2 Å². The molecule has 1 aliphatic rings. The second kappa shape index (κ2) is 5.61. The highest BCUT2D eigenvalue weighted by Crippen LogP contribution is 2.25. The molecule has 0 spiro atoms. The molecule has 1 atom stereocenters. The number of hydrogen-bond acceptors (Lipinski definition) is 5. The first kappa shape index (κ1) is 14.3. The molecule has 0 bridgehead atoms. The first-order valence-electron chi connectivity index (χ1n) is 7.35. The lowest BCUT2D eigenvalue weighted by Crippen LogP contribution is -2.39. The van der Waals surface area contributed by atoms with E-state index in [9.17, 15) is 0 Å². The van der Waals surface area contributed by atoms with E-state index in [1.54, 1.807) is 13.3 Å². The second-order valence-corrected chi connectivity index (χ2v) is 5.87. The molecular formula is C15H22N4O2. The first-order chi connectivity index (χ1) is 10.1. The molecule has 3 rings (SSSR count). The van der Waals surface area contributed by atoms with Crippen molar-refractivity contribution in [3.05, 3.63) is 24.2 Å². The number of rotatable bonds is 5. The van der Waals surface area contributed by atoms with Crippen LogP contribution in [0.3, 0.4) is 0 Å². The average Bonchev–Trinajstić information content (AvgIpc) is 3.12. The van der Waals surface area contributed by atoms with Gasteiger partial charge in [0.2, 0.25) is 0 Å². The van der Waals surface area contributed by atoms with E-state index in [2.05, 4.69) is 35.3 Å². The van der Waals surface area contributed by atoms with Crippen molar-refractivity contribution in [3.8, 4) is 0 Å². The number of hydrogen-bond donors (Lipinski definition) is 1. The zero-order chi connectivity index (χ0) is 14.9. The van der Waals surface area contributed by atoms with Crippen molar-refractivity contribution < 1.29 is 9.47 Å². The Hall–Kier alpha value is -1.66. The maximum atomic E-state index is 5.64. The van der Waals surface area contributed by atoms with Crippen LogP contribution in [-0.4, -0.2) is 47.1 Å². The lowest BCUT2D eigenvalue weighted by molar-refractivity contribution is -0.00623. The van der Waals surface area contributed by atoms with Gasteiger partial charge in [0, 0.05) is 39.1 Å². The lowest BCUT2D eigenvalue weighted by Gasteiger charge is -2.26. The zero-order valence-electron chi connectivity index (χ0n) is 12.8. The summed E-state index contributed by atoms with van der Waals surface area (Å²) in [6.45, 7) is 6.32. The fourth-order valence-electron chi connectivity index (χ4n) is 2.57. The highest BCUT2D eigenvalue weighted by molar-refractivity contribution is 5.68. The van der Waals surface area contributed by atoms with E-state index >= 15 is 0 Å². The average molecular weight is 290 g/mol. The van der Waals surface area contributed by atoms with Crippen LogP contribution >= 0.6 is 0 Å². The predicted octanol–water partition coefficient (Wildman–Crippen LogP) is 2.07. The molecule has 3 heterocycles. The highest BCUT2D eigenvalue weighted by atomic mass is 16.5. The normalized spacial score (nSPS) is 22.3. The topological polar surface area (TPSA) is 60.7 Å². The van der Waals surface area contributed by atoms with E-state index in [0.29, 0.717) is 19.1 Å². The molecule has 1 unspecified atom stereocenters. The Labute approximate surface area is 124 Å². The summed E-state index contributed by atoms with van der Waals surface area (Å²) in [4.78, 5) is 4.44. The van der Waals surface area contributed by atoms with Crippen LogP contribution in [-0.2, 0) is 9.47 Å². The molecule has 6 nitrogen and oxygen atoms in total. The van der Waals surface area contributed by atoms with E-state index in [0.717, 1.165) is 30.1 Å². The van der Waals surface area contributed by atoms with Crippen molar-refractivity contribution in [1.29, 1.82) is 0 Å². The molecule has 2 aromatic heterocycles. The van der Waals surface area contributed by atoms with Crippen LogP contribution in [0, 0.1) is 0 Å². The van der Waals surface area contributed by atoms with Gasteiger partial charge in [-0.3, -0.25) is 0 Å². The quantitative estimate of drug-likeness (QED) is 0.913. The second-order valence-electron chi connectivity index (χ2n) is 5.87. The van der Waals surface area contributed by atoms with E-state index in [1.165, 1.54) is 0 Å². The number of fused-ring (bicyclic) bond motifs is 1. The Bertz CT molecular complexity index is 617. The number of nitrogens with zero attached hydrogens (tertiary/aromatic N) is 3. The van der Waals surface area contributed by atoms with Gasteiger partial charge in [-0.2, -0.15) is 5.10 Å². The molecule has 6 heteroatoms. The fourth-order valence-corrected chi connectivity index (χ4v) is 2.57. The van der Waals surface area contributed by atoms with Gasteiger partial charge in [-0.05, 0) is 12.0 Å². The number of methoxy groups -OCH3 is 1. The van der Waals surface area contributed by atoms with Gasteiger partial charge in [0.1, 0.15) is 11.1 Å². The van der Waals surface area contributed by atoms with E-state index in [-0.39, 0.29) is 5.60 Å². The smallest absolute Gasteiger partial charge is 0.152 e. The maximum absolute atomic E-state index is 5.64. The Kier molecular flexibility index (Phi) is 3.82. The van der Waals surface area contributed by atoms with E-state index in [1.807, 2.05) is 10.7 Å². The molecule has 0 aromatic carbocycles. The summed E-state index contributed by atoms with van der Waals surface area (Å²) in [6.07, 6.45) is 4.53. The molecule has 0 aliphatic carbocycles. The Morgan fingerprint density at radius 1 is 1.52 bits per heavy atom. The molecule has 1 saturated heterocycles. The zero-order valence-corrected chi connectivity index (χ0v) is 12.8. The molecule has 0 saturated carbocycles. The molecule has 21 heavy (non-hydrogen) atoms. The molecule has 1 fully saturated rings. The standard InChI is InChI=1S/C15H22N4O2/c1-11(2)12-8-13-14(16-5-6-19(13)18-12)17-9-15(20-3)4-7-21-10-15/h5-6,8,11H,4,7,9-10H2,1-3H3,(H,16,17). The summed E-state index contributed by atoms with van der Waals surface area (Å²) < 4.78 is 13.0. The third-order valence-electron chi connectivity index (χ3n) is 4.08. The molecular weight excluding hydrogens is 268 g/mol. The predicted molar refractivity (Wildman–Crippen MR) is 80.7 cm³/mol. The van der Waals surface area contributed by atoms with Crippen LogP contribution < -0.4 is 5.32 Å². The minimum Gasteiger partial charge on any atom is -0.378 e. The summed E-state index contributed by atoms with van der Waals surface area (Å²) >= 11 is 0. The van der Waals surface area contributed by atoms with Gasteiger partial charge in [0.15, 0.2) is 5.82 Å². The Morgan fingerprint density at radius 3 is 3.05 bits per heavy atom. The first-order valence-corrected chi connectivity index (χ1v) is 7.35. The molecule has 1 N–H and O–H groups in total. The minimum absolute atomic E-state index is 0.255. The van der Waals surface area contributed by atoms with Gasteiger partial charge >= 0.3 is 0 Å². The molecule has 0 amide bonds. The van der Waals surface area contributed by atoms with Crippen LogP contribution in [0.4, 0.5) is 5.82 Å². The van der Waals surface area contributed by atoms with Gasteiger partial charge < -0.3 is 14.8 Å². The summed E-state index contributed by atoms with van der Waals surface area (Å²) in [6, 6.07) is 2.09. The monoisotopic (exact) mass is 290 g/mol. The van der Waals surface area contributed by atoms with E-state index < -0.39 is 0 Å². The number of anilines is 1. The maximum Gasteiger partial charge on any atom is 0.152 e. The third-order valence-corrected chi connectivity index (χ3v) is 4.08. The SMILES string of the molecule is COC1(CNc2nccn3nc(C(C)C)cc23)CCOC1. The van der Waals surface area contributed by atoms with Crippen molar-refractivity contribution in [2.24, 2.45) is 0 Å². The third kappa shape index (κ3) is 2.73. The Balaban J connectivity index is 1.83. The lowest BCUT2D eigenvalue weighted by atomic mass is 10.0. The summed E-state index contributed by atoms with van der Waals surface area (Å²) in [5.41, 5.74) is 1.80. The van der Waals surface area contributed by atoms with Crippen molar-refractivity contribution >= 4 is 11.3 Å².